The molecule has 2 aromatic carbocycles. The summed E-state index contributed by atoms with van der Waals surface area (Å²) in [4.78, 5) is 12.5. The topological polar surface area (TPSA) is 67.4 Å². The third kappa shape index (κ3) is 2.90. The van der Waals surface area contributed by atoms with Gasteiger partial charge in [0.2, 0.25) is 0 Å². The number of aromatic nitrogens is 1. The van der Waals surface area contributed by atoms with Crippen LogP contribution in [0.2, 0.25) is 0 Å². The first-order valence-corrected chi connectivity index (χ1v) is 7.80. The molecule has 0 aliphatic heterocycles. The lowest BCUT2D eigenvalue weighted by Gasteiger charge is -2.10. The van der Waals surface area contributed by atoms with Gasteiger partial charge in [-0.2, -0.15) is 10.4 Å². The van der Waals surface area contributed by atoms with E-state index in [2.05, 4.69) is 5.10 Å². The van der Waals surface area contributed by atoms with Crippen LogP contribution in [-0.4, -0.2) is 18.0 Å². The highest BCUT2D eigenvalue weighted by atomic mass is 16.5. The van der Waals surface area contributed by atoms with Gasteiger partial charge >= 0.3 is 0 Å². The molecule has 0 unspecified atom stereocenters. The highest BCUT2D eigenvalue weighted by Gasteiger charge is 2.10. The number of hydrogen-bond donors (Lipinski definition) is 0. The van der Waals surface area contributed by atoms with Crippen LogP contribution in [0.25, 0.3) is 10.8 Å². The summed E-state index contributed by atoms with van der Waals surface area (Å²) in [6, 6.07) is 15.5. The maximum absolute atomic E-state index is 12.5. The third-order valence-electron chi connectivity index (χ3n) is 4.12. The van der Waals surface area contributed by atoms with E-state index in [1.54, 1.807) is 33.2 Å². The minimum atomic E-state index is -0.421. The fourth-order valence-corrected chi connectivity index (χ4v) is 2.86. The van der Waals surface area contributed by atoms with E-state index in [1.165, 1.54) is 4.68 Å². The Labute approximate surface area is 145 Å². The number of ether oxygens (including phenoxy) is 1. The fraction of sp³-hybridized carbons (Fsp3) is 0.150. The number of benzene rings is 2. The Morgan fingerprint density at radius 2 is 1.96 bits per heavy atom. The van der Waals surface area contributed by atoms with E-state index in [4.69, 9.17) is 4.74 Å². The Bertz CT molecular complexity index is 1090. The van der Waals surface area contributed by atoms with Gasteiger partial charge in [-0.05, 0) is 42.3 Å². The molecular formula is C20H17N3O2. The van der Waals surface area contributed by atoms with Crippen LogP contribution in [0.4, 0.5) is 0 Å². The van der Waals surface area contributed by atoms with Crippen LogP contribution >= 0.6 is 0 Å². The van der Waals surface area contributed by atoms with Crippen LogP contribution in [0.1, 0.15) is 22.4 Å². The van der Waals surface area contributed by atoms with Gasteiger partial charge in [-0.15, -0.1) is 0 Å². The number of hydrogen-bond acceptors (Lipinski definition) is 4. The number of fused-ring (bicyclic) bond motifs is 1. The van der Waals surface area contributed by atoms with Gasteiger partial charge < -0.3 is 4.74 Å². The van der Waals surface area contributed by atoms with Gasteiger partial charge in [-0.3, -0.25) is 4.79 Å². The van der Waals surface area contributed by atoms with Crippen LogP contribution in [0, 0.1) is 25.2 Å². The zero-order valence-electron chi connectivity index (χ0n) is 14.3. The summed E-state index contributed by atoms with van der Waals surface area (Å²) in [5.41, 5.74) is 1.78. The molecule has 0 amide bonds. The van der Waals surface area contributed by atoms with Crippen LogP contribution in [-0.2, 0) is 0 Å². The molecule has 0 N–H and O–H groups in total. The molecule has 0 fully saturated rings. The molecule has 0 aliphatic carbocycles. The number of nitrogens with zero attached hydrogens (tertiary/aromatic N) is 3. The summed E-state index contributed by atoms with van der Waals surface area (Å²) in [7, 11) is 1.60. The minimum Gasteiger partial charge on any atom is -0.496 e. The molecule has 1 aromatic heterocycles. The Morgan fingerprint density at radius 3 is 2.68 bits per heavy atom. The lowest BCUT2D eigenvalue weighted by Crippen LogP contribution is -2.22. The molecule has 3 rings (SSSR count). The van der Waals surface area contributed by atoms with Gasteiger partial charge in [0.05, 0.1) is 13.3 Å². The smallest absolute Gasteiger partial charge is 0.289 e. The molecule has 0 spiro atoms. The second kappa shape index (κ2) is 6.62. The first kappa shape index (κ1) is 16.5. The van der Waals surface area contributed by atoms with Crippen molar-refractivity contribution in [3.05, 3.63) is 75.2 Å². The van der Waals surface area contributed by atoms with Crippen LogP contribution in [0.15, 0.2) is 52.4 Å². The van der Waals surface area contributed by atoms with E-state index in [-0.39, 0.29) is 5.56 Å². The summed E-state index contributed by atoms with van der Waals surface area (Å²) in [5, 5.41) is 15.5. The van der Waals surface area contributed by atoms with Gasteiger partial charge in [0, 0.05) is 11.3 Å². The predicted molar refractivity (Wildman–Crippen MR) is 98.4 cm³/mol. The molecular weight excluding hydrogens is 314 g/mol. The SMILES string of the molecule is COc1ccc2ccccc2c1/C=N\n1c(C)cc(C)c(C#N)c1=O. The summed E-state index contributed by atoms with van der Waals surface area (Å²) in [5.74, 6) is 0.667. The van der Waals surface area contributed by atoms with Gasteiger partial charge in [-0.25, -0.2) is 4.68 Å². The highest BCUT2D eigenvalue weighted by molar-refractivity contribution is 6.02. The maximum Gasteiger partial charge on any atom is 0.289 e. The quantitative estimate of drug-likeness (QED) is 0.691. The molecule has 0 atom stereocenters. The normalized spacial score (nSPS) is 11.0. The number of aryl methyl sites for hydroxylation is 2. The van der Waals surface area contributed by atoms with Crippen molar-refractivity contribution < 1.29 is 4.74 Å². The van der Waals surface area contributed by atoms with Crippen molar-refractivity contribution >= 4 is 17.0 Å². The molecule has 0 saturated heterocycles. The average Bonchev–Trinajstić information content (AvgIpc) is 2.61. The molecule has 5 nitrogen and oxygen atoms in total. The van der Waals surface area contributed by atoms with Crippen molar-refractivity contribution in [3.8, 4) is 11.8 Å². The minimum absolute atomic E-state index is 0.104. The first-order chi connectivity index (χ1) is 12.1. The lowest BCUT2D eigenvalue weighted by molar-refractivity contribution is 0.415. The van der Waals surface area contributed by atoms with Crippen molar-refractivity contribution in [2.75, 3.05) is 7.11 Å². The number of rotatable bonds is 3. The molecule has 3 aromatic rings. The first-order valence-electron chi connectivity index (χ1n) is 7.80. The van der Waals surface area contributed by atoms with Crippen molar-refractivity contribution in [2.24, 2.45) is 5.10 Å². The van der Waals surface area contributed by atoms with Crippen LogP contribution in [0.3, 0.4) is 0 Å². The Balaban J connectivity index is 2.21. The van der Waals surface area contributed by atoms with E-state index >= 15 is 0 Å². The maximum atomic E-state index is 12.5. The summed E-state index contributed by atoms with van der Waals surface area (Å²) < 4.78 is 6.68. The monoisotopic (exact) mass is 331 g/mol. The summed E-state index contributed by atoms with van der Waals surface area (Å²) in [6.45, 7) is 3.53. The Kier molecular flexibility index (Phi) is 4.36. The van der Waals surface area contributed by atoms with Crippen molar-refractivity contribution in [2.45, 2.75) is 13.8 Å². The van der Waals surface area contributed by atoms with E-state index < -0.39 is 5.56 Å². The second-order valence-electron chi connectivity index (χ2n) is 5.72. The van der Waals surface area contributed by atoms with E-state index in [1.807, 2.05) is 42.5 Å². The lowest BCUT2D eigenvalue weighted by atomic mass is 10.0. The Hall–Kier alpha value is -3.39. The van der Waals surface area contributed by atoms with Crippen molar-refractivity contribution in [1.29, 1.82) is 5.26 Å². The van der Waals surface area contributed by atoms with Crippen LogP contribution < -0.4 is 10.3 Å². The third-order valence-corrected chi connectivity index (χ3v) is 4.12. The molecule has 0 aliphatic rings. The predicted octanol–water partition coefficient (Wildman–Crippen LogP) is 3.38. The zero-order valence-corrected chi connectivity index (χ0v) is 14.3. The number of nitriles is 1. The molecule has 1 heterocycles. The van der Waals surface area contributed by atoms with Gasteiger partial charge in [-0.1, -0.05) is 30.3 Å². The van der Waals surface area contributed by atoms with Gasteiger partial charge in [0.1, 0.15) is 17.4 Å². The van der Waals surface area contributed by atoms with E-state index in [0.29, 0.717) is 17.0 Å². The molecule has 25 heavy (non-hydrogen) atoms. The van der Waals surface area contributed by atoms with E-state index in [9.17, 15) is 10.1 Å². The second-order valence-corrected chi connectivity index (χ2v) is 5.72. The molecule has 0 saturated carbocycles. The molecule has 124 valence electrons. The van der Waals surface area contributed by atoms with Crippen LogP contribution in [0.5, 0.6) is 5.75 Å². The molecule has 0 radical (unpaired) electrons. The fourth-order valence-electron chi connectivity index (χ4n) is 2.86. The zero-order chi connectivity index (χ0) is 18.0. The summed E-state index contributed by atoms with van der Waals surface area (Å²) >= 11 is 0. The van der Waals surface area contributed by atoms with E-state index in [0.717, 1.165) is 16.3 Å². The Morgan fingerprint density at radius 1 is 1.20 bits per heavy atom. The summed E-state index contributed by atoms with van der Waals surface area (Å²) in [6.07, 6.45) is 1.60. The number of pyridine rings is 1. The highest BCUT2D eigenvalue weighted by Crippen LogP contribution is 2.26. The number of methoxy groups -OCH3 is 1. The average molecular weight is 331 g/mol. The van der Waals surface area contributed by atoms with Gasteiger partial charge in [0.25, 0.3) is 5.56 Å². The largest absolute Gasteiger partial charge is 0.496 e. The van der Waals surface area contributed by atoms with Crippen molar-refractivity contribution in [3.63, 3.8) is 0 Å². The van der Waals surface area contributed by atoms with Crippen molar-refractivity contribution in [1.82, 2.24) is 4.68 Å². The molecule has 0 bridgehead atoms. The standard InChI is InChI=1S/C20H17N3O2/c1-13-10-14(2)23(20(24)17(13)11-21)22-12-18-16-7-5-4-6-15(16)8-9-19(18)25-3/h4-10,12H,1-3H3/b22-12-. The molecule has 5 heteroatoms. The van der Waals surface area contributed by atoms with Gasteiger partial charge in [0.15, 0.2) is 0 Å².